The fraction of sp³-hybridized carbons (Fsp3) is 0.389. The lowest BCUT2D eigenvalue weighted by Gasteiger charge is -2.34. The van der Waals surface area contributed by atoms with Gasteiger partial charge in [0, 0.05) is 24.2 Å². The molecule has 24 heavy (non-hydrogen) atoms. The molecule has 0 N–H and O–H groups in total. The van der Waals surface area contributed by atoms with Crippen molar-refractivity contribution in [1.82, 2.24) is 9.97 Å². The largest absolute Gasteiger partial charge is 0.496 e. The Hall–Kier alpha value is -2.47. The van der Waals surface area contributed by atoms with Crippen molar-refractivity contribution in [1.29, 1.82) is 0 Å². The van der Waals surface area contributed by atoms with Crippen LogP contribution in [0.15, 0.2) is 35.5 Å². The first kappa shape index (κ1) is 15.1. The summed E-state index contributed by atoms with van der Waals surface area (Å²) in [6.07, 6.45) is 5.81. The highest BCUT2D eigenvalue weighted by Gasteiger charge is 2.23. The highest BCUT2D eigenvalue weighted by molar-refractivity contribution is 6.15. The van der Waals surface area contributed by atoms with E-state index in [1.54, 1.807) is 13.3 Å². The van der Waals surface area contributed by atoms with Gasteiger partial charge in [-0.05, 0) is 19.1 Å². The van der Waals surface area contributed by atoms with Gasteiger partial charge in [-0.1, -0.05) is 6.08 Å². The van der Waals surface area contributed by atoms with E-state index in [2.05, 4.69) is 21.8 Å². The minimum Gasteiger partial charge on any atom is -0.496 e. The minimum atomic E-state index is 0.275. The van der Waals surface area contributed by atoms with Crippen LogP contribution < -0.4 is 9.64 Å². The van der Waals surface area contributed by atoms with Crippen LogP contribution in [-0.4, -0.2) is 55.1 Å². The Bertz CT molecular complexity index is 831. The molecule has 0 aromatic carbocycles. The third kappa shape index (κ3) is 2.53. The van der Waals surface area contributed by atoms with Gasteiger partial charge in [0.05, 0.1) is 38.6 Å². The normalized spacial score (nSPS) is 20.5. The van der Waals surface area contributed by atoms with Gasteiger partial charge in [0.25, 0.3) is 0 Å². The summed E-state index contributed by atoms with van der Waals surface area (Å²) in [5.41, 5.74) is 2.51. The molecule has 0 bridgehead atoms. The van der Waals surface area contributed by atoms with Crippen molar-refractivity contribution in [3.8, 4) is 5.75 Å². The summed E-state index contributed by atoms with van der Waals surface area (Å²) in [6.45, 7) is 5.08. The topological polar surface area (TPSA) is 59.8 Å². The molecule has 0 unspecified atom stereocenters. The third-order valence-electron chi connectivity index (χ3n) is 4.44. The predicted molar refractivity (Wildman–Crippen MR) is 94.3 cm³/mol. The van der Waals surface area contributed by atoms with Gasteiger partial charge in [-0.3, -0.25) is 9.98 Å². The van der Waals surface area contributed by atoms with Crippen molar-refractivity contribution >= 4 is 22.4 Å². The Morgan fingerprint density at radius 1 is 1.38 bits per heavy atom. The van der Waals surface area contributed by atoms with Gasteiger partial charge in [0.15, 0.2) is 0 Å². The van der Waals surface area contributed by atoms with E-state index in [1.165, 1.54) is 0 Å². The first-order chi connectivity index (χ1) is 11.8. The maximum absolute atomic E-state index is 5.63. The van der Waals surface area contributed by atoms with Crippen molar-refractivity contribution in [2.75, 3.05) is 38.3 Å². The van der Waals surface area contributed by atoms with E-state index in [4.69, 9.17) is 14.5 Å². The third-order valence-corrected chi connectivity index (χ3v) is 4.44. The molecule has 0 saturated carbocycles. The first-order valence-electron chi connectivity index (χ1n) is 8.17. The molecular formula is C18H20N4O2. The number of pyridine rings is 2. The molecule has 0 aliphatic carbocycles. The molecule has 2 aliphatic heterocycles. The van der Waals surface area contributed by atoms with E-state index in [-0.39, 0.29) is 6.04 Å². The maximum Gasteiger partial charge on any atom is 0.133 e. The van der Waals surface area contributed by atoms with Crippen LogP contribution >= 0.6 is 0 Å². The number of morpholine rings is 1. The SMILES string of the molecule is COc1cc(N2CCOC[C@H]2C)nc2c(C3=NCC=C3)nccc12. The Kier molecular flexibility index (Phi) is 3.90. The van der Waals surface area contributed by atoms with Gasteiger partial charge in [-0.15, -0.1) is 0 Å². The van der Waals surface area contributed by atoms with Crippen LogP contribution in [-0.2, 0) is 4.74 Å². The molecule has 2 aliphatic rings. The average molecular weight is 324 g/mol. The molecule has 4 heterocycles. The quantitative estimate of drug-likeness (QED) is 0.866. The molecule has 2 aromatic rings. The highest BCUT2D eigenvalue weighted by Crippen LogP contribution is 2.31. The van der Waals surface area contributed by atoms with Gasteiger partial charge in [-0.2, -0.15) is 0 Å². The van der Waals surface area contributed by atoms with Gasteiger partial charge >= 0.3 is 0 Å². The summed E-state index contributed by atoms with van der Waals surface area (Å²) in [5.74, 6) is 1.70. The van der Waals surface area contributed by atoms with Gasteiger partial charge in [-0.25, -0.2) is 4.98 Å². The Balaban J connectivity index is 1.90. The van der Waals surface area contributed by atoms with Gasteiger partial charge in [0.1, 0.15) is 22.8 Å². The molecule has 6 heteroatoms. The molecule has 4 rings (SSSR count). The Morgan fingerprint density at radius 2 is 2.29 bits per heavy atom. The summed E-state index contributed by atoms with van der Waals surface area (Å²) >= 11 is 0. The molecule has 124 valence electrons. The number of methoxy groups -OCH3 is 1. The molecule has 0 spiro atoms. The molecule has 0 radical (unpaired) electrons. The van der Waals surface area contributed by atoms with Crippen LogP contribution in [0.1, 0.15) is 12.6 Å². The van der Waals surface area contributed by atoms with Crippen molar-refractivity contribution < 1.29 is 9.47 Å². The van der Waals surface area contributed by atoms with E-state index in [0.717, 1.165) is 40.4 Å². The van der Waals surface area contributed by atoms with Gasteiger partial charge in [0.2, 0.25) is 0 Å². The zero-order valence-electron chi connectivity index (χ0n) is 13.9. The lowest BCUT2D eigenvalue weighted by atomic mass is 10.1. The van der Waals surface area contributed by atoms with Crippen LogP contribution in [0.4, 0.5) is 5.82 Å². The molecule has 0 amide bonds. The number of allylic oxidation sites excluding steroid dienone is 1. The van der Waals surface area contributed by atoms with Crippen LogP contribution in [0, 0.1) is 0 Å². The second-order valence-corrected chi connectivity index (χ2v) is 5.98. The number of hydrogen-bond acceptors (Lipinski definition) is 6. The Morgan fingerprint density at radius 3 is 3.04 bits per heavy atom. The zero-order valence-corrected chi connectivity index (χ0v) is 13.9. The zero-order chi connectivity index (χ0) is 16.5. The minimum absolute atomic E-state index is 0.275. The number of fused-ring (bicyclic) bond motifs is 1. The standard InChI is InChI=1S/C18H20N4O2/c1-12-11-24-9-8-22(12)16-10-15(23-2)13-5-7-20-18(17(13)21-16)14-4-3-6-19-14/h3-5,7,10,12H,6,8-9,11H2,1-2H3/t12-/m1/s1. The van der Waals surface area contributed by atoms with E-state index in [9.17, 15) is 0 Å². The predicted octanol–water partition coefficient (Wildman–Crippen LogP) is 2.22. The maximum atomic E-state index is 5.63. The monoisotopic (exact) mass is 324 g/mol. The first-order valence-corrected chi connectivity index (χ1v) is 8.17. The summed E-state index contributed by atoms with van der Waals surface area (Å²) in [5, 5.41) is 0.954. The summed E-state index contributed by atoms with van der Waals surface area (Å²) in [7, 11) is 1.69. The lowest BCUT2D eigenvalue weighted by Crippen LogP contribution is -2.44. The molecule has 2 aromatic heterocycles. The Labute approximate surface area is 140 Å². The van der Waals surface area contributed by atoms with Crippen LogP contribution in [0.25, 0.3) is 10.9 Å². The van der Waals surface area contributed by atoms with E-state index < -0.39 is 0 Å². The number of aliphatic imine (C=N–C) groups is 1. The number of aromatic nitrogens is 2. The molecule has 1 saturated heterocycles. The number of hydrogen-bond donors (Lipinski definition) is 0. The molecular weight excluding hydrogens is 304 g/mol. The second-order valence-electron chi connectivity index (χ2n) is 5.98. The second kappa shape index (κ2) is 6.20. The molecule has 6 nitrogen and oxygen atoms in total. The number of anilines is 1. The summed E-state index contributed by atoms with van der Waals surface area (Å²) < 4.78 is 11.2. The molecule has 1 fully saturated rings. The van der Waals surface area contributed by atoms with Gasteiger partial charge < -0.3 is 14.4 Å². The van der Waals surface area contributed by atoms with E-state index in [1.807, 2.05) is 24.3 Å². The van der Waals surface area contributed by atoms with E-state index in [0.29, 0.717) is 19.8 Å². The summed E-state index contributed by atoms with van der Waals surface area (Å²) in [4.78, 5) is 16.2. The average Bonchev–Trinajstić information content (AvgIpc) is 3.15. The van der Waals surface area contributed by atoms with Crippen molar-refractivity contribution in [3.05, 3.63) is 36.2 Å². The van der Waals surface area contributed by atoms with Crippen molar-refractivity contribution in [3.63, 3.8) is 0 Å². The lowest BCUT2D eigenvalue weighted by molar-refractivity contribution is 0.0985. The molecule has 1 atom stereocenters. The fourth-order valence-corrected chi connectivity index (χ4v) is 3.20. The number of nitrogens with zero attached hydrogens (tertiary/aromatic N) is 4. The number of rotatable bonds is 3. The fourth-order valence-electron chi connectivity index (χ4n) is 3.20. The van der Waals surface area contributed by atoms with Crippen LogP contribution in [0.5, 0.6) is 5.75 Å². The van der Waals surface area contributed by atoms with Crippen molar-refractivity contribution in [2.45, 2.75) is 13.0 Å². The highest BCUT2D eigenvalue weighted by atomic mass is 16.5. The number of ether oxygens (including phenoxy) is 2. The smallest absolute Gasteiger partial charge is 0.133 e. The summed E-state index contributed by atoms with van der Waals surface area (Å²) in [6, 6.07) is 4.22. The van der Waals surface area contributed by atoms with E-state index >= 15 is 0 Å². The van der Waals surface area contributed by atoms with Crippen LogP contribution in [0.3, 0.4) is 0 Å². The van der Waals surface area contributed by atoms with Crippen LogP contribution in [0.2, 0.25) is 0 Å². The van der Waals surface area contributed by atoms with Crippen molar-refractivity contribution in [2.24, 2.45) is 4.99 Å².